The van der Waals surface area contributed by atoms with Crippen molar-refractivity contribution in [2.45, 2.75) is 135 Å². The van der Waals surface area contributed by atoms with Gasteiger partial charge in [0.2, 0.25) is 0 Å². The second-order valence-electron chi connectivity index (χ2n) is 8.37. The summed E-state index contributed by atoms with van der Waals surface area (Å²) >= 11 is 3.46. The number of hydrogen-bond donors (Lipinski definition) is 0. The predicted octanol–water partition coefficient (Wildman–Crippen LogP) is 9.30. The minimum Gasteiger partial charge on any atom is -0.466 e. The van der Waals surface area contributed by atoms with Crippen molar-refractivity contribution < 1.29 is 9.53 Å². The molecule has 0 aliphatic heterocycles. The Kier molecular flexibility index (Phi) is 25.5. The van der Waals surface area contributed by atoms with Crippen LogP contribution in [0.2, 0.25) is 0 Å². The van der Waals surface area contributed by atoms with Gasteiger partial charge in [-0.05, 0) is 44.9 Å². The molecule has 0 aromatic heterocycles. The first kappa shape index (κ1) is 28.7. The number of hydrogen-bond acceptors (Lipinski definition) is 2. The molecule has 0 aromatic carbocycles. The Labute approximate surface area is 190 Å². The van der Waals surface area contributed by atoms with Gasteiger partial charge in [-0.15, -0.1) is 0 Å². The number of alkyl halides is 1. The number of unbranched alkanes of at least 4 members (excludes halogenated alkanes) is 16. The summed E-state index contributed by atoms with van der Waals surface area (Å²) in [5, 5.41) is 1.11. The maximum absolute atomic E-state index is 11.7. The first-order valence-electron chi connectivity index (χ1n) is 12.7. The van der Waals surface area contributed by atoms with E-state index < -0.39 is 0 Å². The van der Waals surface area contributed by atoms with Crippen molar-refractivity contribution in [3.63, 3.8) is 0 Å². The number of rotatable bonds is 23. The van der Waals surface area contributed by atoms with Crippen LogP contribution in [-0.4, -0.2) is 17.9 Å². The Morgan fingerprint density at radius 1 is 0.655 bits per heavy atom. The third-order valence-electron chi connectivity index (χ3n) is 5.43. The van der Waals surface area contributed by atoms with Crippen LogP contribution in [0.3, 0.4) is 0 Å². The smallest absolute Gasteiger partial charge is 0.305 e. The zero-order chi connectivity index (χ0) is 21.3. The van der Waals surface area contributed by atoms with Gasteiger partial charge in [-0.2, -0.15) is 0 Å². The van der Waals surface area contributed by atoms with E-state index in [1.165, 1.54) is 103 Å². The second-order valence-corrected chi connectivity index (χ2v) is 9.16. The van der Waals surface area contributed by atoms with Crippen LogP contribution in [0.4, 0.5) is 0 Å². The lowest BCUT2D eigenvalue weighted by Gasteiger charge is -2.05. The van der Waals surface area contributed by atoms with E-state index in [0.717, 1.165) is 24.6 Å². The van der Waals surface area contributed by atoms with Crippen molar-refractivity contribution in [1.29, 1.82) is 0 Å². The predicted molar refractivity (Wildman–Crippen MR) is 132 cm³/mol. The van der Waals surface area contributed by atoms with Crippen molar-refractivity contribution in [1.82, 2.24) is 0 Å². The summed E-state index contributed by atoms with van der Waals surface area (Å²) in [4.78, 5) is 11.7. The van der Waals surface area contributed by atoms with Crippen LogP contribution < -0.4 is 0 Å². The number of carbonyl (C=O) groups excluding carboxylic acids is 1. The second kappa shape index (κ2) is 25.7. The van der Waals surface area contributed by atoms with Crippen molar-refractivity contribution in [3.05, 3.63) is 12.2 Å². The first-order chi connectivity index (χ1) is 14.3. The van der Waals surface area contributed by atoms with Crippen molar-refractivity contribution >= 4 is 21.9 Å². The van der Waals surface area contributed by atoms with Crippen LogP contribution in [0.25, 0.3) is 0 Å². The fraction of sp³-hybridized carbons (Fsp3) is 0.885. The van der Waals surface area contributed by atoms with Gasteiger partial charge < -0.3 is 4.74 Å². The van der Waals surface area contributed by atoms with Gasteiger partial charge in [0.05, 0.1) is 6.61 Å². The highest BCUT2D eigenvalue weighted by Crippen LogP contribution is 2.11. The molecule has 0 rings (SSSR count). The molecule has 0 N–H and O–H groups in total. The van der Waals surface area contributed by atoms with Gasteiger partial charge in [0.1, 0.15) is 0 Å². The molecule has 0 heterocycles. The van der Waals surface area contributed by atoms with Crippen LogP contribution in [0.1, 0.15) is 135 Å². The maximum Gasteiger partial charge on any atom is 0.305 e. The average molecular weight is 474 g/mol. The SMILES string of the molecule is CCCCCCCC/C=C\CCCCCCCC(=O)OCCCCCCCCBr. The van der Waals surface area contributed by atoms with Gasteiger partial charge in [0.25, 0.3) is 0 Å². The molecule has 3 heteroatoms. The van der Waals surface area contributed by atoms with Crippen LogP contribution in [-0.2, 0) is 9.53 Å². The third-order valence-corrected chi connectivity index (χ3v) is 5.99. The van der Waals surface area contributed by atoms with E-state index in [0.29, 0.717) is 13.0 Å². The minimum atomic E-state index is 0.00177. The van der Waals surface area contributed by atoms with Crippen molar-refractivity contribution in [2.75, 3.05) is 11.9 Å². The normalized spacial score (nSPS) is 11.4. The first-order valence-corrected chi connectivity index (χ1v) is 13.8. The Morgan fingerprint density at radius 3 is 1.72 bits per heavy atom. The summed E-state index contributed by atoms with van der Waals surface area (Å²) in [7, 11) is 0. The molecule has 0 aliphatic rings. The molecule has 0 aromatic rings. The molecule has 0 saturated heterocycles. The molecule has 0 saturated carbocycles. The maximum atomic E-state index is 11.7. The quantitative estimate of drug-likeness (QED) is 0.0639. The van der Waals surface area contributed by atoms with E-state index in [1.807, 2.05) is 0 Å². The average Bonchev–Trinajstić information content (AvgIpc) is 2.72. The summed E-state index contributed by atoms with van der Waals surface area (Å²) in [6.07, 6.45) is 29.4. The topological polar surface area (TPSA) is 26.3 Å². The zero-order valence-corrected chi connectivity index (χ0v) is 21.0. The molecular weight excluding hydrogens is 424 g/mol. The van der Waals surface area contributed by atoms with Gasteiger partial charge in [-0.1, -0.05) is 112 Å². The summed E-state index contributed by atoms with van der Waals surface area (Å²) in [5.74, 6) is 0.00177. The lowest BCUT2D eigenvalue weighted by molar-refractivity contribution is -0.143. The molecular formula is C26H49BrO2. The molecule has 0 unspecified atom stereocenters. The summed E-state index contributed by atoms with van der Waals surface area (Å²) < 4.78 is 5.33. The Hall–Kier alpha value is -0.310. The van der Waals surface area contributed by atoms with Gasteiger partial charge >= 0.3 is 5.97 Å². The molecule has 29 heavy (non-hydrogen) atoms. The molecule has 0 bridgehead atoms. The number of esters is 1. The van der Waals surface area contributed by atoms with Crippen molar-refractivity contribution in [3.8, 4) is 0 Å². The van der Waals surface area contributed by atoms with Gasteiger partial charge in [-0.3, -0.25) is 4.79 Å². The number of ether oxygens (including phenoxy) is 1. The minimum absolute atomic E-state index is 0.00177. The van der Waals surface area contributed by atoms with Gasteiger partial charge in [0.15, 0.2) is 0 Å². The largest absolute Gasteiger partial charge is 0.466 e. The van der Waals surface area contributed by atoms with Crippen LogP contribution in [0, 0.1) is 0 Å². The van der Waals surface area contributed by atoms with Gasteiger partial charge in [0, 0.05) is 11.8 Å². The Morgan fingerprint density at radius 2 is 1.14 bits per heavy atom. The molecule has 2 nitrogen and oxygen atoms in total. The molecule has 0 aliphatic carbocycles. The Balaban J connectivity index is 3.19. The van der Waals surface area contributed by atoms with E-state index in [4.69, 9.17) is 4.74 Å². The number of carbonyl (C=O) groups is 1. The van der Waals surface area contributed by atoms with E-state index in [9.17, 15) is 4.79 Å². The number of allylic oxidation sites excluding steroid dienone is 2. The summed E-state index contributed by atoms with van der Waals surface area (Å²) in [5.41, 5.74) is 0. The lowest BCUT2D eigenvalue weighted by Crippen LogP contribution is -2.05. The fourth-order valence-corrected chi connectivity index (χ4v) is 3.90. The van der Waals surface area contributed by atoms with E-state index in [1.54, 1.807) is 0 Å². The lowest BCUT2D eigenvalue weighted by atomic mass is 10.1. The summed E-state index contributed by atoms with van der Waals surface area (Å²) in [6, 6.07) is 0. The van der Waals surface area contributed by atoms with Crippen LogP contribution in [0.15, 0.2) is 12.2 Å². The highest BCUT2D eigenvalue weighted by Gasteiger charge is 2.02. The third kappa shape index (κ3) is 25.7. The molecule has 0 spiro atoms. The number of halogens is 1. The highest BCUT2D eigenvalue weighted by atomic mass is 79.9. The molecule has 0 atom stereocenters. The van der Waals surface area contributed by atoms with E-state index in [-0.39, 0.29) is 5.97 Å². The van der Waals surface area contributed by atoms with E-state index >= 15 is 0 Å². The standard InChI is InChI=1S/C26H49BrO2/c1-2-3-4-5-6-7-8-9-10-11-12-13-14-17-20-23-26(28)29-25-22-19-16-15-18-21-24-27/h9-10H,2-8,11-25H2,1H3/b10-9-. The monoisotopic (exact) mass is 472 g/mol. The molecule has 0 amide bonds. The van der Waals surface area contributed by atoms with Gasteiger partial charge in [-0.25, -0.2) is 0 Å². The van der Waals surface area contributed by atoms with Crippen LogP contribution in [0.5, 0.6) is 0 Å². The Bertz CT molecular complexity index is 355. The van der Waals surface area contributed by atoms with Crippen LogP contribution >= 0.6 is 15.9 Å². The van der Waals surface area contributed by atoms with E-state index in [2.05, 4.69) is 35.0 Å². The highest BCUT2D eigenvalue weighted by molar-refractivity contribution is 9.09. The molecule has 172 valence electrons. The zero-order valence-electron chi connectivity index (χ0n) is 19.4. The molecule has 0 fully saturated rings. The summed E-state index contributed by atoms with van der Waals surface area (Å²) in [6.45, 7) is 2.89. The molecule has 0 radical (unpaired) electrons. The van der Waals surface area contributed by atoms with Crippen molar-refractivity contribution in [2.24, 2.45) is 0 Å². The fourth-order valence-electron chi connectivity index (χ4n) is 3.50.